The van der Waals surface area contributed by atoms with E-state index in [0.29, 0.717) is 10.7 Å². The molecule has 2 aromatic heterocycles. The SMILES string of the molecule is Cc1nn(-c2ccccc2)c2nc(N(C)CC(=O)NCc3cc(F)cc(F)c3)sc12. The Bertz CT molecular complexity index is 1180. The highest BCUT2D eigenvalue weighted by Gasteiger charge is 2.18. The van der Waals surface area contributed by atoms with Crippen molar-refractivity contribution in [2.45, 2.75) is 13.5 Å². The number of benzene rings is 2. The Balaban J connectivity index is 1.46. The van der Waals surface area contributed by atoms with E-state index >= 15 is 0 Å². The number of fused-ring (bicyclic) bond motifs is 1. The lowest BCUT2D eigenvalue weighted by atomic mass is 10.2. The molecule has 1 amide bonds. The maximum Gasteiger partial charge on any atom is 0.239 e. The molecule has 0 bridgehead atoms. The summed E-state index contributed by atoms with van der Waals surface area (Å²) in [6.45, 7) is 2.03. The number of hydrogen-bond acceptors (Lipinski definition) is 5. The number of likely N-dealkylation sites (N-methyl/N-ethyl adjacent to an activating group) is 1. The van der Waals surface area contributed by atoms with Crippen LogP contribution in [0.15, 0.2) is 48.5 Å². The molecule has 4 aromatic rings. The summed E-state index contributed by atoms with van der Waals surface area (Å²) in [6.07, 6.45) is 0. The maximum absolute atomic E-state index is 13.3. The van der Waals surface area contributed by atoms with Gasteiger partial charge in [0.2, 0.25) is 5.91 Å². The largest absolute Gasteiger partial charge is 0.350 e. The van der Waals surface area contributed by atoms with E-state index in [1.807, 2.05) is 37.3 Å². The molecule has 0 spiro atoms. The smallest absolute Gasteiger partial charge is 0.239 e. The Morgan fingerprint density at radius 3 is 2.57 bits per heavy atom. The van der Waals surface area contributed by atoms with Gasteiger partial charge in [0.25, 0.3) is 0 Å². The molecule has 0 saturated carbocycles. The summed E-state index contributed by atoms with van der Waals surface area (Å²) >= 11 is 1.46. The highest BCUT2D eigenvalue weighted by atomic mass is 32.1. The second-order valence-electron chi connectivity index (χ2n) is 6.89. The number of aromatic nitrogens is 3. The number of aryl methyl sites for hydroxylation is 1. The van der Waals surface area contributed by atoms with E-state index < -0.39 is 11.6 Å². The Morgan fingerprint density at radius 2 is 1.87 bits per heavy atom. The van der Waals surface area contributed by atoms with Crippen molar-refractivity contribution in [2.75, 3.05) is 18.5 Å². The molecule has 0 unspecified atom stereocenters. The van der Waals surface area contributed by atoms with Crippen molar-refractivity contribution in [2.24, 2.45) is 0 Å². The van der Waals surface area contributed by atoms with Gasteiger partial charge in [-0.05, 0) is 36.8 Å². The van der Waals surface area contributed by atoms with Gasteiger partial charge in [0, 0.05) is 19.7 Å². The molecule has 0 aliphatic heterocycles. The molecule has 30 heavy (non-hydrogen) atoms. The molecule has 0 fully saturated rings. The van der Waals surface area contributed by atoms with Gasteiger partial charge in [0.1, 0.15) is 11.6 Å². The fourth-order valence-corrected chi connectivity index (χ4v) is 4.04. The first-order chi connectivity index (χ1) is 14.4. The predicted octanol–water partition coefficient (Wildman–Crippen LogP) is 3.82. The zero-order valence-corrected chi connectivity index (χ0v) is 17.2. The summed E-state index contributed by atoms with van der Waals surface area (Å²) in [4.78, 5) is 18.7. The quantitative estimate of drug-likeness (QED) is 0.508. The van der Waals surface area contributed by atoms with Gasteiger partial charge in [-0.1, -0.05) is 29.5 Å². The number of thiazole rings is 1. The van der Waals surface area contributed by atoms with Crippen molar-refractivity contribution in [1.82, 2.24) is 20.1 Å². The van der Waals surface area contributed by atoms with Crippen molar-refractivity contribution in [1.29, 1.82) is 0 Å². The van der Waals surface area contributed by atoms with Crippen LogP contribution in [0.5, 0.6) is 0 Å². The molecule has 0 aliphatic carbocycles. The minimum absolute atomic E-state index is 0.0449. The van der Waals surface area contributed by atoms with Crippen molar-refractivity contribution in [3.05, 3.63) is 71.4 Å². The van der Waals surface area contributed by atoms with Crippen molar-refractivity contribution >= 4 is 32.7 Å². The first-order valence-electron chi connectivity index (χ1n) is 9.25. The highest BCUT2D eigenvalue weighted by molar-refractivity contribution is 7.22. The predicted molar refractivity (Wildman–Crippen MR) is 113 cm³/mol. The second-order valence-corrected chi connectivity index (χ2v) is 7.87. The maximum atomic E-state index is 13.3. The van der Waals surface area contributed by atoms with E-state index in [-0.39, 0.29) is 19.0 Å². The second kappa shape index (κ2) is 8.19. The average Bonchev–Trinajstić information content (AvgIpc) is 3.27. The lowest BCUT2D eigenvalue weighted by Gasteiger charge is -2.15. The summed E-state index contributed by atoms with van der Waals surface area (Å²) in [5.41, 5.74) is 2.88. The van der Waals surface area contributed by atoms with E-state index in [0.717, 1.165) is 27.8 Å². The summed E-state index contributed by atoms with van der Waals surface area (Å²) in [7, 11) is 1.77. The Labute approximate surface area is 175 Å². The normalized spacial score (nSPS) is 11.1. The van der Waals surface area contributed by atoms with E-state index in [4.69, 9.17) is 0 Å². The molecule has 2 aromatic carbocycles. The van der Waals surface area contributed by atoms with Gasteiger partial charge in [0.05, 0.1) is 22.6 Å². The van der Waals surface area contributed by atoms with Crippen molar-refractivity contribution in [3.8, 4) is 5.69 Å². The molecule has 9 heteroatoms. The fraction of sp³-hybridized carbons (Fsp3) is 0.190. The number of nitrogens with zero attached hydrogens (tertiary/aromatic N) is 4. The van der Waals surface area contributed by atoms with Crippen LogP contribution in [0.1, 0.15) is 11.3 Å². The van der Waals surface area contributed by atoms with Crippen LogP contribution in [0.25, 0.3) is 16.0 Å². The number of amides is 1. The third-order valence-electron chi connectivity index (χ3n) is 4.50. The van der Waals surface area contributed by atoms with Gasteiger partial charge in [-0.2, -0.15) is 10.1 Å². The van der Waals surface area contributed by atoms with Gasteiger partial charge < -0.3 is 10.2 Å². The number of nitrogens with one attached hydrogen (secondary N) is 1. The number of rotatable bonds is 6. The monoisotopic (exact) mass is 427 g/mol. The van der Waals surface area contributed by atoms with Crippen molar-refractivity contribution < 1.29 is 13.6 Å². The van der Waals surface area contributed by atoms with Gasteiger partial charge in [0.15, 0.2) is 10.8 Å². The molecular formula is C21H19F2N5OS. The van der Waals surface area contributed by atoms with E-state index in [9.17, 15) is 13.6 Å². The third-order valence-corrected chi connectivity index (χ3v) is 5.76. The zero-order valence-electron chi connectivity index (χ0n) is 16.4. The molecule has 2 heterocycles. The molecule has 0 radical (unpaired) electrons. The number of para-hydroxylation sites is 1. The van der Waals surface area contributed by atoms with Crippen LogP contribution in [0.2, 0.25) is 0 Å². The standard InChI is InChI=1S/C21H19F2N5OS/c1-13-19-20(28(26-13)17-6-4-3-5-7-17)25-21(30-19)27(2)12-18(29)24-11-14-8-15(22)10-16(23)9-14/h3-10H,11-12H2,1-2H3,(H,24,29). The van der Waals surface area contributed by atoms with E-state index in [1.165, 1.54) is 23.5 Å². The van der Waals surface area contributed by atoms with Gasteiger partial charge in [-0.3, -0.25) is 4.79 Å². The van der Waals surface area contributed by atoms with Gasteiger partial charge >= 0.3 is 0 Å². The van der Waals surface area contributed by atoms with Gasteiger partial charge in [-0.25, -0.2) is 13.5 Å². The summed E-state index contributed by atoms with van der Waals surface area (Å²) < 4.78 is 29.3. The van der Waals surface area contributed by atoms with Crippen molar-refractivity contribution in [3.63, 3.8) is 0 Å². The van der Waals surface area contributed by atoms with Crippen LogP contribution in [0.3, 0.4) is 0 Å². The number of halogens is 2. The Kier molecular flexibility index (Phi) is 5.45. The molecule has 1 N–H and O–H groups in total. The lowest BCUT2D eigenvalue weighted by Crippen LogP contribution is -2.34. The summed E-state index contributed by atoms with van der Waals surface area (Å²) in [6, 6.07) is 12.9. The molecule has 0 saturated heterocycles. The summed E-state index contributed by atoms with van der Waals surface area (Å²) in [5, 5.41) is 7.92. The van der Waals surface area contributed by atoms with Crippen LogP contribution < -0.4 is 10.2 Å². The first kappa shape index (κ1) is 20.0. The highest BCUT2D eigenvalue weighted by Crippen LogP contribution is 2.31. The lowest BCUT2D eigenvalue weighted by molar-refractivity contribution is -0.119. The van der Waals surface area contributed by atoms with Crippen LogP contribution in [0.4, 0.5) is 13.9 Å². The molecule has 0 atom stereocenters. The number of carbonyl (C=O) groups excluding carboxylic acids is 1. The molecular weight excluding hydrogens is 408 g/mol. The molecule has 4 rings (SSSR count). The molecule has 6 nitrogen and oxygen atoms in total. The topological polar surface area (TPSA) is 63.1 Å². The Hall–Kier alpha value is -3.33. The minimum Gasteiger partial charge on any atom is -0.350 e. The number of carbonyl (C=O) groups is 1. The van der Waals surface area contributed by atoms with E-state index in [1.54, 1.807) is 16.6 Å². The van der Waals surface area contributed by atoms with Crippen LogP contribution >= 0.6 is 11.3 Å². The van der Waals surface area contributed by atoms with Crippen LogP contribution in [0, 0.1) is 18.6 Å². The summed E-state index contributed by atoms with van der Waals surface area (Å²) in [5.74, 6) is -1.62. The Morgan fingerprint density at radius 1 is 1.17 bits per heavy atom. The molecule has 154 valence electrons. The van der Waals surface area contributed by atoms with Crippen LogP contribution in [-0.2, 0) is 11.3 Å². The number of anilines is 1. The number of hydrogen-bond donors (Lipinski definition) is 1. The minimum atomic E-state index is -0.673. The van der Waals surface area contributed by atoms with Gasteiger partial charge in [-0.15, -0.1) is 0 Å². The zero-order chi connectivity index (χ0) is 21.3. The molecule has 0 aliphatic rings. The average molecular weight is 427 g/mol. The van der Waals surface area contributed by atoms with E-state index in [2.05, 4.69) is 15.4 Å². The fourth-order valence-electron chi connectivity index (χ4n) is 3.09. The third kappa shape index (κ3) is 4.16. The van der Waals surface area contributed by atoms with Crippen LogP contribution in [-0.4, -0.2) is 34.3 Å². The first-order valence-corrected chi connectivity index (χ1v) is 10.1.